The van der Waals surface area contributed by atoms with Crippen LogP contribution >= 0.6 is 0 Å². The minimum Gasteiger partial charge on any atom is -0.310 e. The number of nitrogens with one attached hydrogen (secondary N) is 1. The number of rotatable bonds is 7. The zero-order valence-electron chi connectivity index (χ0n) is 11.2. The van der Waals surface area contributed by atoms with E-state index in [9.17, 15) is 4.39 Å². The summed E-state index contributed by atoms with van der Waals surface area (Å²) in [6.07, 6.45) is 4.59. The van der Waals surface area contributed by atoms with Crippen molar-refractivity contribution in [2.45, 2.75) is 52.5 Å². The fourth-order valence-electron chi connectivity index (χ4n) is 2.13. The van der Waals surface area contributed by atoms with Crippen molar-refractivity contribution in [2.24, 2.45) is 0 Å². The molecule has 0 aromatic heterocycles. The van der Waals surface area contributed by atoms with Crippen LogP contribution in [0.3, 0.4) is 0 Å². The van der Waals surface area contributed by atoms with Crippen LogP contribution in [0.1, 0.15) is 56.7 Å². The maximum absolute atomic E-state index is 13.9. The van der Waals surface area contributed by atoms with Crippen molar-refractivity contribution in [1.82, 2.24) is 5.32 Å². The fourth-order valence-corrected chi connectivity index (χ4v) is 2.13. The van der Waals surface area contributed by atoms with Crippen LogP contribution in [0, 0.1) is 12.7 Å². The molecule has 0 radical (unpaired) electrons. The summed E-state index contributed by atoms with van der Waals surface area (Å²) in [7, 11) is 0. The largest absolute Gasteiger partial charge is 0.310 e. The molecular formula is C15H24FN. The van der Waals surface area contributed by atoms with Gasteiger partial charge < -0.3 is 5.32 Å². The summed E-state index contributed by atoms with van der Waals surface area (Å²) in [5.74, 6) is -0.0764. The highest BCUT2D eigenvalue weighted by molar-refractivity contribution is 5.26. The summed E-state index contributed by atoms with van der Waals surface area (Å²) in [6.45, 7) is 7.06. The molecule has 0 saturated heterocycles. The molecule has 0 spiro atoms. The topological polar surface area (TPSA) is 12.0 Å². The number of hydrogen-bond acceptors (Lipinski definition) is 1. The van der Waals surface area contributed by atoms with E-state index < -0.39 is 0 Å². The molecule has 2 heteroatoms. The van der Waals surface area contributed by atoms with Crippen LogP contribution < -0.4 is 5.32 Å². The van der Waals surface area contributed by atoms with E-state index in [0.29, 0.717) is 0 Å². The van der Waals surface area contributed by atoms with E-state index in [2.05, 4.69) is 19.2 Å². The first-order valence-corrected chi connectivity index (χ1v) is 6.68. The van der Waals surface area contributed by atoms with Crippen LogP contribution in [0.15, 0.2) is 18.2 Å². The van der Waals surface area contributed by atoms with Gasteiger partial charge in [-0.2, -0.15) is 0 Å². The van der Waals surface area contributed by atoms with E-state index >= 15 is 0 Å². The highest BCUT2D eigenvalue weighted by Gasteiger charge is 2.14. The molecule has 1 unspecified atom stereocenters. The van der Waals surface area contributed by atoms with Crippen LogP contribution in [0.4, 0.5) is 4.39 Å². The lowest BCUT2D eigenvalue weighted by Gasteiger charge is -2.19. The van der Waals surface area contributed by atoms with E-state index in [1.165, 1.54) is 12.8 Å². The van der Waals surface area contributed by atoms with Crippen molar-refractivity contribution < 1.29 is 4.39 Å². The van der Waals surface area contributed by atoms with Gasteiger partial charge in [0.25, 0.3) is 0 Å². The molecule has 96 valence electrons. The average molecular weight is 237 g/mol. The van der Waals surface area contributed by atoms with E-state index in [4.69, 9.17) is 0 Å². The van der Waals surface area contributed by atoms with Gasteiger partial charge in [-0.15, -0.1) is 0 Å². The Balaban J connectivity index is 2.74. The summed E-state index contributed by atoms with van der Waals surface area (Å²) in [6, 6.07) is 5.69. The first-order chi connectivity index (χ1) is 8.19. The van der Waals surface area contributed by atoms with Crippen LogP contribution in [-0.2, 0) is 0 Å². The molecule has 1 rings (SSSR count). The lowest BCUT2D eigenvalue weighted by Crippen LogP contribution is -2.22. The van der Waals surface area contributed by atoms with Crippen molar-refractivity contribution in [1.29, 1.82) is 0 Å². The maximum atomic E-state index is 13.9. The smallest absolute Gasteiger partial charge is 0.128 e. The summed E-state index contributed by atoms with van der Waals surface area (Å²) in [4.78, 5) is 0. The highest BCUT2D eigenvalue weighted by Crippen LogP contribution is 2.23. The molecule has 0 fully saturated rings. The molecule has 0 heterocycles. The minimum atomic E-state index is -0.0764. The van der Waals surface area contributed by atoms with Crippen LogP contribution in [0.2, 0.25) is 0 Å². The molecule has 1 nitrogen and oxygen atoms in total. The molecular weight excluding hydrogens is 213 g/mol. The predicted octanol–water partition coefficient (Wildman–Crippen LogP) is 4.37. The average Bonchev–Trinajstić information content (AvgIpc) is 2.28. The highest BCUT2D eigenvalue weighted by atomic mass is 19.1. The third-order valence-electron chi connectivity index (χ3n) is 3.08. The summed E-state index contributed by atoms with van der Waals surface area (Å²) in [5.41, 5.74) is 1.80. The van der Waals surface area contributed by atoms with Gasteiger partial charge in [0, 0.05) is 11.6 Å². The lowest BCUT2D eigenvalue weighted by atomic mass is 9.99. The molecule has 1 aromatic carbocycles. The first kappa shape index (κ1) is 14.2. The minimum absolute atomic E-state index is 0.0764. The third kappa shape index (κ3) is 4.47. The zero-order chi connectivity index (χ0) is 12.7. The Bertz CT molecular complexity index is 336. The summed E-state index contributed by atoms with van der Waals surface area (Å²) < 4.78 is 13.9. The third-order valence-corrected chi connectivity index (χ3v) is 3.08. The van der Waals surface area contributed by atoms with Gasteiger partial charge in [0.2, 0.25) is 0 Å². The maximum Gasteiger partial charge on any atom is 0.128 e. The van der Waals surface area contributed by atoms with E-state index in [-0.39, 0.29) is 11.9 Å². The molecule has 0 aliphatic rings. The fraction of sp³-hybridized carbons (Fsp3) is 0.600. The molecule has 0 bridgehead atoms. The van der Waals surface area contributed by atoms with Crippen LogP contribution in [0.25, 0.3) is 0 Å². The molecule has 0 amide bonds. The second kappa shape index (κ2) is 7.44. The molecule has 0 saturated carbocycles. The van der Waals surface area contributed by atoms with Gasteiger partial charge in [0.1, 0.15) is 5.82 Å². The van der Waals surface area contributed by atoms with Crippen LogP contribution in [-0.4, -0.2) is 6.54 Å². The van der Waals surface area contributed by atoms with E-state index in [1.807, 2.05) is 19.1 Å². The summed E-state index contributed by atoms with van der Waals surface area (Å²) >= 11 is 0. The van der Waals surface area contributed by atoms with Gasteiger partial charge in [-0.25, -0.2) is 4.39 Å². The number of benzene rings is 1. The number of halogens is 1. The van der Waals surface area contributed by atoms with Crippen molar-refractivity contribution in [3.05, 3.63) is 35.1 Å². The molecule has 1 N–H and O–H groups in total. The standard InChI is InChI=1S/C15H24FN/c1-4-6-7-8-15(17-5-2)13-10-9-12(3)11-14(13)16/h9-11,15,17H,4-8H2,1-3H3. The lowest BCUT2D eigenvalue weighted by molar-refractivity contribution is 0.464. The van der Waals surface area contributed by atoms with E-state index in [0.717, 1.165) is 30.5 Å². The molecule has 0 aliphatic carbocycles. The monoisotopic (exact) mass is 237 g/mol. The Morgan fingerprint density at radius 1 is 1.24 bits per heavy atom. The van der Waals surface area contributed by atoms with Crippen molar-refractivity contribution in [3.8, 4) is 0 Å². The van der Waals surface area contributed by atoms with Gasteiger partial charge in [-0.05, 0) is 31.5 Å². The van der Waals surface area contributed by atoms with Gasteiger partial charge >= 0.3 is 0 Å². The van der Waals surface area contributed by atoms with Crippen LogP contribution in [0.5, 0.6) is 0 Å². The predicted molar refractivity (Wildman–Crippen MR) is 71.7 cm³/mol. The molecule has 0 aliphatic heterocycles. The van der Waals surface area contributed by atoms with Crippen molar-refractivity contribution >= 4 is 0 Å². The van der Waals surface area contributed by atoms with Gasteiger partial charge in [0.15, 0.2) is 0 Å². The zero-order valence-corrected chi connectivity index (χ0v) is 11.2. The molecule has 1 atom stereocenters. The van der Waals surface area contributed by atoms with Gasteiger partial charge in [-0.3, -0.25) is 0 Å². The normalized spacial score (nSPS) is 12.7. The van der Waals surface area contributed by atoms with Gasteiger partial charge in [0.05, 0.1) is 0 Å². The Labute approximate surface area is 104 Å². The Hall–Kier alpha value is -0.890. The second-order valence-electron chi connectivity index (χ2n) is 4.63. The first-order valence-electron chi connectivity index (χ1n) is 6.68. The van der Waals surface area contributed by atoms with Gasteiger partial charge in [-0.1, -0.05) is 45.2 Å². The second-order valence-corrected chi connectivity index (χ2v) is 4.63. The number of hydrogen-bond donors (Lipinski definition) is 1. The van der Waals surface area contributed by atoms with Crippen molar-refractivity contribution in [2.75, 3.05) is 6.54 Å². The molecule has 1 aromatic rings. The quantitative estimate of drug-likeness (QED) is 0.695. The van der Waals surface area contributed by atoms with Crippen molar-refractivity contribution in [3.63, 3.8) is 0 Å². The summed E-state index contributed by atoms with van der Waals surface area (Å²) in [5, 5.41) is 3.38. The van der Waals surface area contributed by atoms with E-state index in [1.54, 1.807) is 6.07 Å². The number of unbranched alkanes of at least 4 members (excludes halogenated alkanes) is 2. The molecule has 17 heavy (non-hydrogen) atoms. The SMILES string of the molecule is CCCCCC(NCC)c1ccc(C)cc1F. The Morgan fingerprint density at radius 3 is 2.59 bits per heavy atom. The Morgan fingerprint density at radius 2 is 2.00 bits per heavy atom. The Kier molecular flexibility index (Phi) is 6.20. The number of aryl methyl sites for hydroxylation is 1.